The Balaban J connectivity index is 1.89. The van der Waals surface area contributed by atoms with Gasteiger partial charge in [0.1, 0.15) is 5.75 Å². The van der Waals surface area contributed by atoms with Gasteiger partial charge in [0.15, 0.2) is 0 Å². The molecule has 3 aromatic rings. The lowest BCUT2D eigenvalue weighted by atomic mass is 10.0. The van der Waals surface area contributed by atoms with Crippen LogP contribution in [0.4, 0.5) is 5.69 Å². The van der Waals surface area contributed by atoms with Gasteiger partial charge in [0.05, 0.1) is 12.0 Å². The van der Waals surface area contributed by atoms with Crippen LogP contribution < -0.4 is 10.1 Å². The van der Waals surface area contributed by atoms with E-state index in [1.54, 1.807) is 25.3 Å². The average Bonchev–Trinajstić information content (AvgIpc) is 3.17. The zero-order valence-electron chi connectivity index (χ0n) is 16.6. The van der Waals surface area contributed by atoms with Crippen LogP contribution in [0, 0.1) is 0 Å². The Kier molecular flexibility index (Phi) is 4.48. The van der Waals surface area contributed by atoms with Gasteiger partial charge in [0.2, 0.25) is 10.0 Å². The van der Waals surface area contributed by atoms with E-state index in [4.69, 9.17) is 4.74 Å². The van der Waals surface area contributed by atoms with E-state index in [2.05, 4.69) is 5.32 Å². The second-order valence-electron chi connectivity index (χ2n) is 7.09. The van der Waals surface area contributed by atoms with E-state index in [-0.39, 0.29) is 10.8 Å². The molecule has 2 heterocycles. The second kappa shape index (κ2) is 6.75. The average molecular weight is 411 g/mol. The van der Waals surface area contributed by atoms with E-state index in [1.165, 1.54) is 20.2 Å². The highest BCUT2D eigenvalue weighted by Gasteiger charge is 2.27. The summed E-state index contributed by atoms with van der Waals surface area (Å²) >= 11 is 0. The van der Waals surface area contributed by atoms with Crippen LogP contribution in [0.1, 0.15) is 11.1 Å². The Bertz CT molecular complexity index is 1290. The number of benzene rings is 2. The maximum absolute atomic E-state index is 12.6. The van der Waals surface area contributed by atoms with Gasteiger partial charge in [-0.1, -0.05) is 0 Å². The van der Waals surface area contributed by atoms with Crippen molar-refractivity contribution in [1.82, 2.24) is 8.87 Å². The number of amides is 1. The van der Waals surface area contributed by atoms with Crippen LogP contribution in [0.2, 0.25) is 0 Å². The van der Waals surface area contributed by atoms with Gasteiger partial charge in [-0.25, -0.2) is 12.7 Å². The molecule has 0 saturated carbocycles. The van der Waals surface area contributed by atoms with Crippen molar-refractivity contribution in [3.8, 4) is 5.75 Å². The zero-order chi connectivity index (χ0) is 20.9. The summed E-state index contributed by atoms with van der Waals surface area (Å²) in [5, 5.41) is 3.75. The van der Waals surface area contributed by atoms with Gasteiger partial charge in [-0.15, -0.1) is 0 Å². The number of nitrogens with zero attached hydrogens (tertiary/aromatic N) is 2. The number of methoxy groups -OCH3 is 1. The lowest BCUT2D eigenvalue weighted by Crippen LogP contribution is -2.22. The molecule has 0 radical (unpaired) electrons. The Morgan fingerprint density at radius 2 is 1.90 bits per heavy atom. The summed E-state index contributed by atoms with van der Waals surface area (Å²) in [7, 11) is 2.89. The van der Waals surface area contributed by atoms with Gasteiger partial charge in [0, 0.05) is 60.6 Å². The van der Waals surface area contributed by atoms with Gasteiger partial charge in [-0.2, -0.15) is 0 Å². The van der Waals surface area contributed by atoms with Crippen LogP contribution in [-0.2, 0) is 21.9 Å². The third-order valence-electron chi connectivity index (χ3n) is 5.08. The number of anilines is 1. The fourth-order valence-electron chi connectivity index (χ4n) is 3.48. The highest BCUT2D eigenvalue weighted by atomic mass is 32.2. The summed E-state index contributed by atoms with van der Waals surface area (Å²) in [6, 6.07) is 10.4. The standard InChI is InChI=1S/C21H21N3O4S/c1-23(2)29(26,27)15-6-7-19-17(11-15)18(21(25)22-19)9-13-12-24(3)20-8-5-14(28-4)10-16(13)20/h5-12H,1-4H3,(H,22,25). The van der Waals surface area contributed by atoms with Gasteiger partial charge in [0.25, 0.3) is 5.91 Å². The lowest BCUT2D eigenvalue weighted by Gasteiger charge is -2.12. The zero-order valence-corrected chi connectivity index (χ0v) is 17.4. The largest absolute Gasteiger partial charge is 0.497 e. The van der Waals surface area contributed by atoms with E-state index in [9.17, 15) is 13.2 Å². The maximum atomic E-state index is 12.6. The Labute approximate surface area is 169 Å². The van der Waals surface area contributed by atoms with Crippen molar-refractivity contribution in [1.29, 1.82) is 0 Å². The number of nitrogens with one attached hydrogen (secondary N) is 1. The van der Waals surface area contributed by atoms with Gasteiger partial charge in [-0.3, -0.25) is 4.79 Å². The molecule has 1 amide bonds. The van der Waals surface area contributed by atoms with Crippen LogP contribution in [0.25, 0.3) is 22.6 Å². The molecule has 0 spiro atoms. The Morgan fingerprint density at radius 1 is 1.14 bits per heavy atom. The first-order chi connectivity index (χ1) is 13.7. The molecule has 0 aliphatic carbocycles. The number of aryl methyl sites for hydroxylation is 1. The van der Waals surface area contributed by atoms with Crippen molar-refractivity contribution in [2.45, 2.75) is 4.90 Å². The quantitative estimate of drug-likeness (QED) is 0.670. The predicted octanol–water partition coefficient (Wildman–Crippen LogP) is 2.93. The SMILES string of the molecule is COc1ccc2c(c1)c(C=C1C(=O)Nc3ccc(S(=O)(=O)N(C)C)cc31)cn2C. The number of sulfonamides is 1. The lowest BCUT2D eigenvalue weighted by molar-refractivity contribution is -0.110. The minimum absolute atomic E-state index is 0.142. The molecule has 8 heteroatoms. The molecule has 0 atom stereocenters. The molecule has 0 fully saturated rings. The van der Waals surface area contributed by atoms with E-state index < -0.39 is 10.0 Å². The molecular weight excluding hydrogens is 390 g/mol. The molecule has 150 valence electrons. The maximum Gasteiger partial charge on any atom is 0.256 e. The normalized spacial score (nSPS) is 15.2. The smallest absolute Gasteiger partial charge is 0.256 e. The third kappa shape index (κ3) is 3.10. The van der Waals surface area contributed by atoms with Crippen molar-refractivity contribution in [2.24, 2.45) is 7.05 Å². The van der Waals surface area contributed by atoms with Crippen LogP contribution in [-0.4, -0.2) is 44.4 Å². The fourth-order valence-corrected chi connectivity index (χ4v) is 4.41. The minimum Gasteiger partial charge on any atom is -0.497 e. The van der Waals surface area contributed by atoms with Gasteiger partial charge >= 0.3 is 0 Å². The summed E-state index contributed by atoms with van der Waals surface area (Å²) in [5.74, 6) is 0.457. The summed E-state index contributed by atoms with van der Waals surface area (Å²) in [4.78, 5) is 12.8. The fraction of sp³-hybridized carbons (Fsp3) is 0.190. The molecule has 2 aromatic carbocycles. The molecule has 0 saturated heterocycles. The molecule has 1 aliphatic heterocycles. The number of carbonyl (C=O) groups is 1. The van der Waals surface area contributed by atoms with Crippen LogP contribution in [0.5, 0.6) is 5.75 Å². The molecule has 1 N–H and O–H groups in total. The van der Waals surface area contributed by atoms with Gasteiger partial charge < -0.3 is 14.6 Å². The first kappa shape index (κ1) is 19.2. The number of hydrogen-bond donors (Lipinski definition) is 1. The molecule has 0 unspecified atom stereocenters. The van der Waals surface area contributed by atoms with Crippen molar-refractivity contribution in [3.63, 3.8) is 0 Å². The van der Waals surface area contributed by atoms with Crippen molar-refractivity contribution >= 4 is 44.2 Å². The molecular formula is C21H21N3O4S. The Hall–Kier alpha value is -3.10. The molecule has 4 rings (SSSR count). The van der Waals surface area contributed by atoms with E-state index in [0.29, 0.717) is 16.8 Å². The molecule has 7 nitrogen and oxygen atoms in total. The number of carbonyl (C=O) groups excluding carboxylic acids is 1. The monoisotopic (exact) mass is 411 g/mol. The third-order valence-corrected chi connectivity index (χ3v) is 6.89. The van der Waals surface area contributed by atoms with Crippen molar-refractivity contribution < 1.29 is 17.9 Å². The van der Waals surface area contributed by atoms with Crippen LogP contribution in [0.3, 0.4) is 0 Å². The summed E-state index contributed by atoms with van der Waals surface area (Å²) in [6.45, 7) is 0. The summed E-state index contributed by atoms with van der Waals surface area (Å²) in [5.41, 5.74) is 3.43. The Morgan fingerprint density at radius 3 is 2.59 bits per heavy atom. The second-order valence-corrected chi connectivity index (χ2v) is 9.24. The van der Waals surface area contributed by atoms with Crippen molar-refractivity contribution in [2.75, 3.05) is 26.5 Å². The van der Waals surface area contributed by atoms with E-state index in [0.717, 1.165) is 26.5 Å². The molecule has 1 aromatic heterocycles. The molecule has 0 bridgehead atoms. The molecule has 29 heavy (non-hydrogen) atoms. The highest BCUT2D eigenvalue weighted by molar-refractivity contribution is 7.89. The van der Waals surface area contributed by atoms with E-state index in [1.807, 2.05) is 36.0 Å². The van der Waals surface area contributed by atoms with Crippen LogP contribution in [0.15, 0.2) is 47.5 Å². The van der Waals surface area contributed by atoms with Gasteiger partial charge in [-0.05, 0) is 42.5 Å². The molecule has 1 aliphatic rings. The highest BCUT2D eigenvalue weighted by Crippen LogP contribution is 2.36. The number of fused-ring (bicyclic) bond motifs is 2. The summed E-state index contributed by atoms with van der Waals surface area (Å²) in [6.07, 6.45) is 3.72. The topological polar surface area (TPSA) is 80.6 Å². The number of ether oxygens (including phenoxy) is 1. The van der Waals surface area contributed by atoms with Crippen LogP contribution >= 0.6 is 0 Å². The minimum atomic E-state index is -3.61. The first-order valence-electron chi connectivity index (χ1n) is 8.95. The number of rotatable bonds is 4. The van der Waals surface area contributed by atoms with Crippen molar-refractivity contribution in [3.05, 3.63) is 53.7 Å². The first-order valence-corrected chi connectivity index (χ1v) is 10.4. The van der Waals surface area contributed by atoms with E-state index >= 15 is 0 Å². The predicted molar refractivity (Wildman–Crippen MR) is 113 cm³/mol. The number of hydrogen-bond acceptors (Lipinski definition) is 4. The number of aromatic nitrogens is 1. The summed E-state index contributed by atoms with van der Waals surface area (Å²) < 4.78 is 33.5.